The molecule has 2 aromatic carbocycles. The van der Waals surface area contributed by atoms with E-state index in [1.54, 1.807) is 30.3 Å². The fraction of sp³-hybridized carbons (Fsp3) is 0.125. The zero-order valence-corrected chi connectivity index (χ0v) is 12.2. The van der Waals surface area contributed by atoms with Crippen LogP contribution in [0.15, 0.2) is 54.9 Å². The molecular formula is C16H14FN5O. The van der Waals surface area contributed by atoms with Gasteiger partial charge < -0.3 is 5.32 Å². The van der Waals surface area contributed by atoms with E-state index in [1.165, 1.54) is 23.1 Å². The lowest BCUT2D eigenvalue weighted by Gasteiger charge is -2.07. The number of aromatic nitrogens is 4. The molecule has 0 saturated heterocycles. The van der Waals surface area contributed by atoms with Gasteiger partial charge in [0.2, 0.25) is 5.91 Å². The Kier molecular flexibility index (Phi) is 4.37. The number of benzene rings is 2. The number of hydrogen-bond donors (Lipinski definition) is 1. The Morgan fingerprint density at radius 1 is 1.17 bits per heavy atom. The van der Waals surface area contributed by atoms with Crippen molar-refractivity contribution in [1.82, 2.24) is 20.2 Å². The molecule has 6 nitrogen and oxygen atoms in total. The SMILES string of the molecule is O=C(CCc1cccc(F)c1)Nc1cccc(-n2cnnn2)c1. The van der Waals surface area contributed by atoms with Gasteiger partial charge in [-0.05, 0) is 52.7 Å². The molecule has 3 rings (SSSR count). The summed E-state index contributed by atoms with van der Waals surface area (Å²) in [6.45, 7) is 0. The molecule has 1 amide bonds. The Morgan fingerprint density at radius 3 is 2.83 bits per heavy atom. The number of tetrazole rings is 1. The molecule has 0 aliphatic rings. The molecule has 0 radical (unpaired) electrons. The van der Waals surface area contributed by atoms with Gasteiger partial charge >= 0.3 is 0 Å². The van der Waals surface area contributed by atoms with Crippen LogP contribution >= 0.6 is 0 Å². The van der Waals surface area contributed by atoms with Crippen molar-refractivity contribution in [2.45, 2.75) is 12.8 Å². The molecular weight excluding hydrogens is 297 g/mol. The van der Waals surface area contributed by atoms with Crippen molar-refractivity contribution in [3.05, 3.63) is 66.2 Å². The van der Waals surface area contributed by atoms with Gasteiger partial charge in [0.15, 0.2) is 0 Å². The van der Waals surface area contributed by atoms with Gasteiger partial charge in [-0.15, -0.1) is 5.10 Å². The van der Waals surface area contributed by atoms with Crippen LogP contribution in [-0.4, -0.2) is 26.1 Å². The zero-order chi connectivity index (χ0) is 16.1. The fourth-order valence-corrected chi connectivity index (χ4v) is 2.18. The molecule has 0 fully saturated rings. The number of carbonyl (C=O) groups excluding carboxylic acids is 1. The maximum absolute atomic E-state index is 13.1. The highest BCUT2D eigenvalue weighted by molar-refractivity contribution is 5.91. The number of amides is 1. The largest absolute Gasteiger partial charge is 0.326 e. The Morgan fingerprint density at radius 2 is 2.04 bits per heavy atom. The topological polar surface area (TPSA) is 72.7 Å². The third-order valence-electron chi connectivity index (χ3n) is 3.27. The maximum Gasteiger partial charge on any atom is 0.224 e. The van der Waals surface area contributed by atoms with Gasteiger partial charge in [0, 0.05) is 12.1 Å². The van der Waals surface area contributed by atoms with Crippen LogP contribution in [0.5, 0.6) is 0 Å². The minimum Gasteiger partial charge on any atom is -0.326 e. The summed E-state index contributed by atoms with van der Waals surface area (Å²) in [5, 5.41) is 13.8. The fourth-order valence-electron chi connectivity index (χ4n) is 2.18. The second-order valence-corrected chi connectivity index (χ2v) is 4.98. The Hall–Kier alpha value is -3.09. The van der Waals surface area contributed by atoms with E-state index in [2.05, 4.69) is 20.8 Å². The molecule has 23 heavy (non-hydrogen) atoms. The van der Waals surface area contributed by atoms with Gasteiger partial charge in [-0.3, -0.25) is 4.79 Å². The van der Waals surface area contributed by atoms with Gasteiger partial charge in [0.05, 0.1) is 5.69 Å². The lowest BCUT2D eigenvalue weighted by molar-refractivity contribution is -0.116. The number of hydrogen-bond acceptors (Lipinski definition) is 4. The number of halogens is 1. The van der Waals surface area contributed by atoms with Crippen molar-refractivity contribution in [3.63, 3.8) is 0 Å². The van der Waals surface area contributed by atoms with Gasteiger partial charge in [-0.25, -0.2) is 9.07 Å². The Labute approximate surface area is 132 Å². The highest BCUT2D eigenvalue weighted by Gasteiger charge is 2.05. The number of carbonyl (C=O) groups is 1. The first-order chi connectivity index (χ1) is 11.2. The Balaban J connectivity index is 1.61. The summed E-state index contributed by atoms with van der Waals surface area (Å²) >= 11 is 0. The molecule has 1 heterocycles. The van der Waals surface area contributed by atoms with Crippen molar-refractivity contribution in [2.24, 2.45) is 0 Å². The molecule has 0 atom stereocenters. The first kappa shape index (κ1) is 14.8. The molecule has 1 aromatic heterocycles. The first-order valence-corrected chi connectivity index (χ1v) is 7.08. The highest BCUT2D eigenvalue weighted by Crippen LogP contribution is 2.14. The summed E-state index contributed by atoms with van der Waals surface area (Å²) in [7, 11) is 0. The van der Waals surface area contributed by atoms with E-state index < -0.39 is 0 Å². The molecule has 0 aliphatic carbocycles. The molecule has 1 N–H and O–H groups in total. The summed E-state index contributed by atoms with van der Waals surface area (Å²) in [6.07, 6.45) is 2.24. The van der Waals surface area contributed by atoms with Crippen molar-refractivity contribution in [1.29, 1.82) is 0 Å². The summed E-state index contributed by atoms with van der Waals surface area (Å²) in [6, 6.07) is 13.5. The monoisotopic (exact) mass is 311 g/mol. The third-order valence-corrected chi connectivity index (χ3v) is 3.27. The van der Waals surface area contributed by atoms with Crippen LogP contribution in [0.1, 0.15) is 12.0 Å². The van der Waals surface area contributed by atoms with Crippen LogP contribution < -0.4 is 5.32 Å². The number of aryl methyl sites for hydroxylation is 1. The summed E-state index contributed by atoms with van der Waals surface area (Å²) < 4.78 is 14.6. The van der Waals surface area contributed by atoms with Crippen molar-refractivity contribution < 1.29 is 9.18 Å². The standard InChI is InChI=1S/C16H14FN5O/c17-13-4-1-3-12(9-13)7-8-16(23)19-14-5-2-6-15(10-14)22-11-18-20-21-22/h1-6,9-11H,7-8H2,(H,19,23). The van der Waals surface area contributed by atoms with E-state index in [-0.39, 0.29) is 18.1 Å². The number of nitrogens with zero attached hydrogens (tertiary/aromatic N) is 4. The molecule has 0 unspecified atom stereocenters. The zero-order valence-electron chi connectivity index (χ0n) is 12.2. The predicted molar refractivity (Wildman–Crippen MR) is 82.5 cm³/mol. The third kappa shape index (κ3) is 3.97. The van der Waals surface area contributed by atoms with Crippen molar-refractivity contribution >= 4 is 11.6 Å². The van der Waals surface area contributed by atoms with Gasteiger partial charge in [0.1, 0.15) is 12.1 Å². The van der Waals surface area contributed by atoms with E-state index in [4.69, 9.17) is 0 Å². The first-order valence-electron chi connectivity index (χ1n) is 7.08. The second-order valence-electron chi connectivity index (χ2n) is 4.98. The summed E-state index contributed by atoms with van der Waals surface area (Å²) in [5.74, 6) is -0.430. The molecule has 7 heteroatoms. The van der Waals surface area contributed by atoms with E-state index >= 15 is 0 Å². The molecule has 0 spiro atoms. The van der Waals surface area contributed by atoms with Crippen LogP contribution in [0.4, 0.5) is 10.1 Å². The summed E-state index contributed by atoms with van der Waals surface area (Å²) in [4.78, 5) is 12.0. The highest BCUT2D eigenvalue weighted by atomic mass is 19.1. The lowest BCUT2D eigenvalue weighted by Crippen LogP contribution is -2.12. The smallest absolute Gasteiger partial charge is 0.224 e. The van der Waals surface area contributed by atoms with Gasteiger partial charge in [-0.1, -0.05) is 18.2 Å². The average molecular weight is 311 g/mol. The minimum absolute atomic E-state index is 0.136. The normalized spacial score (nSPS) is 10.5. The van der Waals surface area contributed by atoms with Gasteiger partial charge in [-0.2, -0.15) is 0 Å². The molecule has 0 aliphatic heterocycles. The van der Waals surface area contributed by atoms with E-state index in [1.807, 2.05) is 6.07 Å². The molecule has 0 bridgehead atoms. The van der Waals surface area contributed by atoms with Crippen LogP contribution in [0, 0.1) is 5.82 Å². The lowest BCUT2D eigenvalue weighted by atomic mass is 10.1. The quantitative estimate of drug-likeness (QED) is 0.785. The van der Waals surface area contributed by atoms with Crippen LogP contribution in [-0.2, 0) is 11.2 Å². The van der Waals surface area contributed by atoms with Gasteiger partial charge in [0.25, 0.3) is 0 Å². The molecule has 0 saturated carbocycles. The molecule has 3 aromatic rings. The average Bonchev–Trinajstić information content (AvgIpc) is 3.08. The molecule has 116 valence electrons. The van der Waals surface area contributed by atoms with E-state index in [0.29, 0.717) is 12.1 Å². The minimum atomic E-state index is -0.294. The van der Waals surface area contributed by atoms with E-state index in [9.17, 15) is 9.18 Å². The maximum atomic E-state index is 13.1. The van der Waals surface area contributed by atoms with E-state index in [0.717, 1.165) is 11.3 Å². The number of rotatable bonds is 5. The summed E-state index contributed by atoms with van der Waals surface area (Å²) in [5.41, 5.74) is 2.20. The van der Waals surface area contributed by atoms with Crippen molar-refractivity contribution in [2.75, 3.05) is 5.32 Å². The second kappa shape index (κ2) is 6.78. The van der Waals surface area contributed by atoms with Crippen molar-refractivity contribution in [3.8, 4) is 5.69 Å². The van der Waals surface area contributed by atoms with Crippen LogP contribution in [0.3, 0.4) is 0 Å². The van der Waals surface area contributed by atoms with Crippen LogP contribution in [0.2, 0.25) is 0 Å². The predicted octanol–water partition coefficient (Wildman–Crippen LogP) is 2.37. The number of nitrogens with one attached hydrogen (secondary N) is 1. The Bertz CT molecular complexity index is 804. The van der Waals surface area contributed by atoms with Crippen LogP contribution in [0.25, 0.3) is 5.69 Å². The number of anilines is 1.